The van der Waals surface area contributed by atoms with Gasteiger partial charge in [-0.15, -0.1) is 0 Å². The lowest BCUT2D eigenvalue weighted by molar-refractivity contribution is 0.392. The number of ether oxygens (including phenoxy) is 2. The first kappa shape index (κ1) is 10.7. The van der Waals surface area contributed by atoms with Crippen LogP contribution < -0.4 is 9.47 Å². The normalized spacial score (nSPS) is 10.5. The Morgan fingerprint density at radius 3 is 2.44 bits per heavy atom. The quantitative estimate of drug-likeness (QED) is 0.775. The molecule has 0 radical (unpaired) electrons. The third-order valence-corrected chi connectivity index (χ3v) is 2.71. The minimum atomic E-state index is 0.808. The summed E-state index contributed by atoms with van der Waals surface area (Å²) in [5.74, 6) is 1.64. The molecule has 1 aromatic carbocycles. The van der Waals surface area contributed by atoms with Crippen LogP contribution in [0.3, 0.4) is 0 Å². The van der Waals surface area contributed by atoms with Crippen molar-refractivity contribution in [2.75, 3.05) is 14.2 Å². The highest BCUT2D eigenvalue weighted by molar-refractivity contribution is 5.88. The second-order valence-corrected chi connectivity index (χ2v) is 3.76. The summed E-state index contributed by atoms with van der Waals surface area (Å²) in [7, 11) is 3.32. The molecule has 0 aliphatic carbocycles. The van der Waals surface area contributed by atoms with Crippen LogP contribution in [0.5, 0.6) is 11.5 Å². The van der Waals surface area contributed by atoms with E-state index >= 15 is 0 Å². The number of aromatic nitrogens is 1. The van der Waals surface area contributed by atoms with E-state index in [4.69, 9.17) is 9.47 Å². The van der Waals surface area contributed by atoms with Crippen molar-refractivity contribution in [3.05, 3.63) is 29.5 Å². The maximum Gasteiger partial charge on any atom is 0.134 e. The molecule has 0 aliphatic rings. The second-order valence-electron chi connectivity index (χ2n) is 3.76. The largest absolute Gasteiger partial charge is 0.496 e. The predicted octanol–water partition coefficient (Wildman–Crippen LogP) is 2.87. The summed E-state index contributed by atoms with van der Waals surface area (Å²) in [6, 6.07) is 5.96. The van der Waals surface area contributed by atoms with E-state index < -0.39 is 0 Å². The lowest BCUT2D eigenvalue weighted by Crippen LogP contribution is -1.95. The number of aryl methyl sites for hydroxylation is 1. The molecule has 0 atom stereocenters. The molecule has 1 aromatic heterocycles. The molecule has 0 fully saturated rings. The molecular weight excluding hydrogens is 202 g/mol. The first-order valence-corrected chi connectivity index (χ1v) is 5.16. The first-order chi connectivity index (χ1) is 7.67. The van der Waals surface area contributed by atoms with Gasteiger partial charge in [0.2, 0.25) is 0 Å². The van der Waals surface area contributed by atoms with Crippen LogP contribution in [0.1, 0.15) is 11.3 Å². The van der Waals surface area contributed by atoms with Crippen molar-refractivity contribution in [2.45, 2.75) is 13.8 Å². The van der Waals surface area contributed by atoms with E-state index in [0.29, 0.717) is 0 Å². The molecule has 0 amide bonds. The summed E-state index contributed by atoms with van der Waals surface area (Å²) in [6.45, 7) is 3.95. The maximum absolute atomic E-state index is 5.42. The molecule has 0 bridgehead atoms. The first-order valence-electron chi connectivity index (χ1n) is 5.16. The lowest BCUT2D eigenvalue weighted by Gasteiger charge is -2.12. The summed E-state index contributed by atoms with van der Waals surface area (Å²) in [5.41, 5.74) is 2.89. The summed E-state index contributed by atoms with van der Waals surface area (Å²) in [4.78, 5) is 4.47. The van der Waals surface area contributed by atoms with Crippen molar-refractivity contribution in [3.8, 4) is 11.5 Å². The smallest absolute Gasteiger partial charge is 0.134 e. The molecule has 0 saturated carbocycles. The Bertz CT molecular complexity index is 535. The van der Waals surface area contributed by atoms with Crippen LogP contribution in [0.25, 0.3) is 10.9 Å². The number of pyridine rings is 1. The maximum atomic E-state index is 5.42. The van der Waals surface area contributed by atoms with Gasteiger partial charge in [0.25, 0.3) is 0 Å². The minimum absolute atomic E-state index is 0.808. The van der Waals surface area contributed by atoms with Gasteiger partial charge in [0.15, 0.2) is 0 Å². The standard InChI is InChI=1S/C13H15NO2/c1-8-5-6-10-11(14-8)7-12(15-3)9(2)13(10)16-4/h5-7H,1-4H3. The lowest BCUT2D eigenvalue weighted by atomic mass is 10.1. The van der Waals surface area contributed by atoms with Gasteiger partial charge in [-0.05, 0) is 26.0 Å². The van der Waals surface area contributed by atoms with Crippen LogP contribution in [0, 0.1) is 13.8 Å². The summed E-state index contributed by atoms with van der Waals surface area (Å²) in [6.07, 6.45) is 0. The summed E-state index contributed by atoms with van der Waals surface area (Å²) in [5, 5.41) is 1.02. The van der Waals surface area contributed by atoms with Crippen molar-refractivity contribution < 1.29 is 9.47 Å². The molecule has 2 aromatic rings. The highest BCUT2D eigenvalue weighted by atomic mass is 16.5. The molecule has 84 valence electrons. The van der Waals surface area contributed by atoms with Crippen LogP contribution in [0.2, 0.25) is 0 Å². The van der Waals surface area contributed by atoms with Gasteiger partial charge in [-0.2, -0.15) is 0 Å². The third-order valence-electron chi connectivity index (χ3n) is 2.71. The van der Waals surface area contributed by atoms with E-state index in [9.17, 15) is 0 Å². The average molecular weight is 217 g/mol. The van der Waals surface area contributed by atoms with Gasteiger partial charge in [-0.1, -0.05) is 0 Å². The van der Waals surface area contributed by atoms with Crippen molar-refractivity contribution >= 4 is 10.9 Å². The zero-order valence-corrected chi connectivity index (χ0v) is 10.00. The number of rotatable bonds is 2. The Hall–Kier alpha value is -1.77. The van der Waals surface area contributed by atoms with Gasteiger partial charge < -0.3 is 9.47 Å². The van der Waals surface area contributed by atoms with Gasteiger partial charge in [0.05, 0.1) is 19.7 Å². The van der Waals surface area contributed by atoms with Crippen LogP contribution >= 0.6 is 0 Å². The summed E-state index contributed by atoms with van der Waals surface area (Å²) < 4.78 is 10.7. The fraction of sp³-hybridized carbons (Fsp3) is 0.308. The molecule has 0 unspecified atom stereocenters. The number of fused-ring (bicyclic) bond motifs is 1. The SMILES string of the molecule is COc1cc2nc(C)ccc2c(OC)c1C. The molecule has 0 spiro atoms. The van der Waals surface area contributed by atoms with Crippen molar-refractivity contribution in [1.82, 2.24) is 4.98 Å². The van der Waals surface area contributed by atoms with Gasteiger partial charge >= 0.3 is 0 Å². The van der Waals surface area contributed by atoms with Crippen molar-refractivity contribution in [2.24, 2.45) is 0 Å². The predicted molar refractivity (Wildman–Crippen MR) is 64.3 cm³/mol. The molecule has 3 heteroatoms. The molecule has 1 heterocycles. The average Bonchev–Trinajstić information content (AvgIpc) is 2.28. The van der Waals surface area contributed by atoms with Crippen LogP contribution in [-0.4, -0.2) is 19.2 Å². The molecule has 16 heavy (non-hydrogen) atoms. The fourth-order valence-corrected chi connectivity index (χ4v) is 1.90. The zero-order chi connectivity index (χ0) is 11.7. The van der Waals surface area contributed by atoms with Gasteiger partial charge in [-0.3, -0.25) is 4.98 Å². The van der Waals surface area contributed by atoms with Crippen LogP contribution in [0.15, 0.2) is 18.2 Å². The Morgan fingerprint density at radius 1 is 1.06 bits per heavy atom. The van der Waals surface area contributed by atoms with E-state index in [1.165, 1.54) is 0 Å². The summed E-state index contributed by atoms with van der Waals surface area (Å²) >= 11 is 0. The molecule has 0 saturated heterocycles. The highest BCUT2D eigenvalue weighted by Crippen LogP contribution is 2.35. The van der Waals surface area contributed by atoms with Crippen LogP contribution in [0.4, 0.5) is 0 Å². The van der Waals surface area contributed by atoms with E-state index in [0.717, 1.165) is 33.7 Å². The zero-order valence-electron chi connectivity index (χ0n) is 10.00. The number of hydrogen-bond acceptors (Lipinski definition) is 3. The minimum Gasteiger partial charge on any atom is -0.496 e. The van der Waals surface area contributed by atoms with E-state index in [2.05, 4.69) is 4.98 Å². The number of nitrogens with zero attached hydrogens (tertiary/aromatic N) is 1. The second kappa shape index (κ2) is 4.00. The van der Waals surface area contributed by atoms with E-state index in [-0.39, 0.29) is 0 Å². The van der Waals surface area contributed by atoms with Gasteiger partial charge in [-0.25, -0.2) is 0 Å². The Labute approximate surface area is 95.0 Å². The van der Waals surface area contributed by atoms with Crippen molar-refractivity contribution in [3.63, 3.8) is 0 Å². The van der Waals surface area contributed by atoms with Gasteiger partial charge in [0, 0.05) is 22.7 Å². The monoisotopic (exact) mass is 217 g/mol. The molecular formula is C13H15NO2. The molecule has 0 N–H and O–H groups in total. The Morgan fingerprint density at radius 2 is 1.81 bits per heavy atom. The highest BCUT2D eigenvalue weighted by Gasteiger charge is 2.11. The van der Waals surface area contributed by atoms with Crippen LogP contribution in [-0.2, 0) is 0 Å². The fourth-order valence-electron chi connectivity index (χ4n) is 1.90. The van der Waals surface area contributed by atoms with Crippen molar-refractivity contribution in [1.29, 1.82) is 0 Å². The third kappa shape index (κ3) is 1.58. The Kier molecular flexibility index (Phi) is 2.69. The molecule has 0 aliphatic heterocycles. The van der Waals surface area contributed by atoms with Gasteiger partial charge in [0.1, 0.15) is 11.5 Å². The number of benzene rings is 1. The molecule has 3 nitrogen and oxygen atoms in total. The number of methoxy groups -OCH3 is 2. The molecule has 2 rings (SSSR count). The number of hydrogen-bond donors (Lipinski definition) is 0. The van der Waals surface area contributed by atoms with E-state index in [1.807, 2.05) is 32.0 Å². The van der Waals surface area contributed by atoms with E-state index in [1.54, 1.807) is 14.2 Å². The Balaban J connectivity index is 2.84. The topological polar surface area (TPSA) is 31.4 Å².